The standard InChI is InChI=1S/C23H27N5/c1-17-7-6-9-20(15-17)27-11-13-28(14-12-27)22-16-19(3)24-23(26-22)25-21-10-5-4-8-18(21)2/h4-10,15-16H,11-14H2,1-3H3,(H,24,25,26). The van der Waals surface area contributed by atoms with Gasteiger partial charge in [-0.05, 0) is 50.1 Å². The van der Waals surface area contributed by atoms with Crippen molar-refractivity contribution in [3.8, 4) is 0 Å². The van der Waals surface area contributed by atoms with Crippen LogP contribution in [0.1, 0.15) is 16.8 Å². The summed E-state index contributed by atoms with van der Waals surface area (Å²) in [5, 5.41) is 3.37. The predicted octanol–water partition coefficient (Wildman–Crippen LogP) is 4.47. The monoisotopic (exact) mass is 373 g/mol. The first-order valence-electron chi connectivity index (χ1n) is 9.83. The van der Waals surface area contributed by atoms with Crippen molar-refractivity contribution >= 4 is 23.1 Å². The number of hydrogen-bond acceptors (Lipinski definition) is 5. The Morgan fingerprint density at radius 1 is 0.786 bits per heavy atom. The van der Waals surface area contributed by atoms with Crippen molar-refractivity contribution in [2.75, 3.05) is 41.3 Å². The van der Waals surface area contributed by atoms with Crippen LogP contribution in [0.3, 0.4) is 0 Å². The average molecular weight is 374 g/mol. The number of aryl methyl sites for hydroxylation is 3. The van der Waals surface area contributed by atoms with Gasteiger partial charge < -0.3 is 15.1 Å². The van der Waals surface area contributed by atoms with Crippen LogP contribution in [0.5, 0.6) is 0 Å². The van der Waals surface area contributed by atoms with Crippen molar-refractivity contribution < 1.29 is 0 Å². The Balaban J connectivity index is 1.48. The molecule has 1 aliphatic rings. The molecule has 0 bridgehead atoms. The lowest BCUT2D eigenvalue weighted by atomic mass is 10.2. The molecule has 3 aromatic rings. The van der Waals surface area contributed by atoms with Gasteiger partial charge in [-0.15, -0.1) is 0 Å². The van der Waals surface area contributed by atoms with E-state index in [2.05, 4.69) is 76.4 Å². The van der Waals surface area contributed by atoms with E-state index >= 15 is 0 Å². The summed E-state index contributed by atoms with van der Waals surface area (Å²) in [6, 6.07) is 19.0. The third-order valence-electron chi connectivity index (χ3n) is 5.20. The molecular formula is C23H27N5. The van der Waals surface area contributed by atoms with Gasteiger partial charge >= 0.3 is 0 Å². The number of para-hydroxylation sites is 1. The van der Waals surface area contributed by atoms with Crippen LogP contribution in [0.15, 0.2) is 54.6 Å². The summed E-state index contributed by atoms with van der Waals surface area (Å²) in [4.78, 5) is 14.2. The minimum atomic E-state index is 0.658. The van der Waals surface area contributed by atoms with E-state index in [0.29, 0.717) is 5.95 Å². The molecule has 5 nitrogen and oxygen atoms in total. The van der Waals surface area contributed by atoms with Gasteiger partial charge in [0.1, 0.15) is 5.82 Å². The van der Waals surface area contributed by atoms with Gasteiger partial charge in [0.2, 0.25) is 5.95 Å². The van der Waals surface area contributed by atoms with E-state index < -0.39 is 0 Å². The molecule has 1 N–H and O–H groups in total. The molecule has 5 heteroatoms. The van der Waals surface area contributed by atoms with E-state index in [4.69, 9.17) is 4.98 Å². The fraction of sp³-hybridized carbons (Fsp3) is 0.304. The Bertz CT molecular complexity index is 961. The minimum Gasteiger partial charge on any atom is -0.368 e. The molecule has 1 saturated heterocycles. The second-order valence-corrected chi connectivity index (χ2v) is 7.44. The van der Waals surface area contributed by atoms with Crippen LogP contribution >= 0.6 is 0 Å². The average Bonchev–Trinajstić information content (AvgIpc) is 2.69. The summed E-state index contributed by atoms with van der Waals surface area (Å²) in [5.74, 6) is 1.65. The first-order valence-corrected chi connectivity index (χ1v) is 9.83. The van der Waals surface area contributed by atoms with Crippen molar-refractivity contribution in [1.29, 1.82) is 0 Å². The predicted molar refractivity (Wildman–Crippen MR) is 117 cm³/mol. The summed E-state index contributed by atoms with van der Waals surface area (Å²) >= 11 is 0. The summed E-state index contributed by atoms with van der Waals surface area (Å²) in [5.41, 5.74) is 5.81. The molecule has 0 saturated carbocycles. The molecule has 144 valence electrons. The normalized spacial score (nSPS) is 14.2. The molecule has 28 heavy (non-hydrogen) atoms. The Morgan fingerprint density at radius 2 is 1.54 bits per heavy atom. The summed E-state index contributed by atoms with van der Waals surface area (Å²) in [7, 11) is 0. The number of nitrogens with one attached hydrogen (secondary N) is 1. The highest BCUT2D eigenvalue weighted by atomic mass is 15.3. The molecular weight excluding hydrogens is 346 g/mol. The largest absolute Gasteiger partial charge is 0.368 e. The molecule has 4 rings (SSSR count). The highest BCUT2D eigenvalue weighted by Crippen LogP contribution is 2.23. The molecule has 1 aromatic heterocycles. The number of rotatable bonds is 4. The first kappa shape index (κ1) is 18.3. The molecule has 0 radical (unpaired) electrons. The number of benzene rings is 2. The number of hydrogen-bond donors (Lipinski definition) is 1. The Hall–Kier alpha value is -3.08. The maximum absolute atomic E-state index is 4.79. The Morgan fingerprint density at radius 3 is 2.29 bits per heavy atom. The summed E-state index contributed by atoms with van der Waals surface area (Å²) < 4.78 is 0. The van der Waals surface area contributed by atoms with Gasteiger partial charge in [-0.25, -0.2) is 4.98 Å². The number of piperazine rings is 1. The van der Waals surface area contributed by atoms with E-state index in [1.807, 2.05) is 19.1 Å². The van der Waals surface area contributed by atoms with Crippen molar-refractivity contribution in [3.05, 3.63) is 71.4 Å². The van der Waals surface area contributed by atoms with Gasteiger partial charge in [0.15, 0.2) is 0 Å². The third-order valence-corrected chi connectivity index (χ3v) is 5.20. The lowest BCUT2D eigenvalue weighted by Crippen LogP contribution is -2.47. The topological polar surface area (TPSA) is 44.3 Å². The van der Waals surface area contributed by atoms with Crippen molar-refractivity contribution in [2.24, 2.45) is 0 Å². The fourth-order valence-corrected chi connectivity index (χ4v) is 3.62. The molecule has 2 aromatic carbocycles. The molecule has 0 atom stereocenters. The maximum Gasteiger partial charge on any atom is 0.229 e. The first-order chi connectivity index (χ1) is 13.6. The third kappa shape index (κ3) is 4.09. The van der Waals surface area contributed by atoms with Crippen LogP contribution < -0.4 is 15.1 Å². The van der Waals surface area contributed by atoms with Gasteiger partial charge in [0, 0.05) is 49.3 Å². The zero-order chi connectivity index (χ0) is 19.5. The highest BCUT2D eigenvalue weighted by molar-refractivity contribution is 5.60. The van der Waals surface area contributed by atoms with E-state index in [1.165, 1.54) is 16.8 Å². The van der Waals surface area contributed by atoms with Crippen molar-refractivity contribution in [1.82, 2.24) is 9.97 Å². The zero-order valence-corrected chi connectivity index (χ0v) is 16.8. The highest BCUT2D eigenvalue weighted by Gasteiger charge is 2.19. The smallest absolute Gasteiger partial charge is 0.229 e. The van der Waals surface area contributed by atoms with Gasteiger partial charge in [-0.1, -0.05) is 30.3 Å². The maximum atomic E-state index is 4.79. The number of anilines is 4. The summed E-state index contributed by atoms with van der Waals surface area (Å²) in [6.45, 7) is 10.1. The van der Waals surface area contributed by atoms with Crippen LogP contribution in [0.4, 0.5) is 23.1 Å². The lowest BCUT2D eigenvalue weighted by molar-refractivity contribution is 0.646. The van der Waals surface area contributed by atoms with Gasteiger partial charge in [-0.2, -0.15) is 4.98 Å². The Labute approximate surface area is 167 Å². The molecule has 0 amide bonds. The summed E-state index contributed by atoms with van der Waals surface area (Å²) in [6.07, 6.45) is 0. The molecule has 0 unspecified atom stereocenters. The molecule has 2 heterocycles. The fourth-order valence-electron chi connectivity index (χ4n) is 3.62. The number of nitrogens with zero attached hydrogens (tertiary/aromatic N) is 4. The van der Waals surface area contributed by atoms with Crippen molar-refractivity contribution in [3.63, 3.8) is 0 Å². The van der Waals surface area contributed by atoms with E-state index in [1.54, 1.807) is 0 Å². The van der Waals surface area contributed by atoms with Crippen LogP contribution in [0.25, 0.3) is 0 Å². The SMILES string of the molecule is Cc1cccc(N2CCN(c3cc(C)nc(Nc4ccccc4C)n3)CC2)c1. The quantitative estimate of drug-likeness (QED) is 0.731. The molecule has 0 spiro atoms. The van der Waals surface area contributed by atoms with Crippen LogP contribution in [-0.4, -0.2) is 36.1 Å². The van der Waals surface area contributed by atoms with Crippen LogP contribution in [-0.2, 0) is 0 Å². The molecule has 1 aliphatic heterocycles. The van der Waals surface area contributed by atoms with Gasteiger partial charge in [-0.3, -0.25) is 0 Å². The Kier molecular flexibility index (Phi) is 5.15. The van der Waals surface area contributed by atoms with E-state index in [9.17, 15) is 0 Å². The van der Waals surface area contributed by atoms with E-state index in [-0.39, 0.29) is 0 Å². The van der Waals surface area contributed by atoms with Crippen LogP contribution in [0.2, 0.25) is 0 Å². The zero-order valence-electron chi connectivity index (χ0n) is 16.8. The number of aromatic nitrogens is 2. The minimum absolute atomic E-state index is 0.658. The second kappa shape index (κ2) is 7.89. The van der Waals surface area contributed by atoms with E-state index in [0.717, 1.165) is 43.4 Å². The lowest BCUT2D eigenvalue weighted by Gasteiger charge is -2.37. The van der Waals surface area contributed by atoms with Crippen LogP contribution in [0, 0.1) is 20.8 Å². The molecule has 1 fully saturated rings. The van der Waals surface area contributed by atoms with Gasteiger partial charge in [0.25, 0.3) is 0 Å². The van der Waals surface area contributed by atoms with Crippen molar-refractivity contribution in [2.45, 2.75) is 20.8 Å². The van der Waals surface area contributed by atoms with Gasteiger partial charge in [0.05, 0.1) is 0 Å². The molecule has 0 aliphatic carbocycles. The second-order valence-electron chi connectivity index (χ2n) is 7.44.